The molecule has 15 heavy (non-hydrogen) atoms. The monoisotopic (exact) mass is 216 g/mol. The number of carbonyl (C=O) groups is 2. The van der Waals surface area contributed by atoms with E-state index in [-0.39, 0.29) is 5.91 Å². The summed E-state index contributed by atoms with van der Waals surface area (Å²) in [5.41, 5.74) is 0. The van der Waals surface area contributed by atoms with Crippen LogP contribution in [0.25, 0.3) is 0 Å². The van der Waals surface area contributed by atoms with Crippen LogP contribution in [0.1, 0.15) is 27.2 Å². The van der Waals surface area contributed by atoms with E-state index in [0.717, 1.165) is 19.5 Å². The fourth-order valence-electron chi connectivity index (χ4n) is 0.648. The number of nitrogens with one attached hydrogen (secondary N) is 2. The second-order valence-corrected chi connectivity index (χ2v) is 2.25. The average molecular weight is 216 g/mol. The molecule has 0 aliphatic rings. The fourth-order valence-corrected chi connectivity index (χ4v) is 0.648. The second kappa shape index (κ2) is 23.0. The van der Waals surface area contributed by atoms with Gasteiger partial charge in [-0.15, -0.1) is 0 Å². The average Bonchev–Trinajstić information content (AvgIpc) is 2.33. The van der Waals surface area contributed by atoms with Crippen molar-refractivity contribution in [3.8, 4) is 0 Å². The summed E-state index contributed by atoms with van der Waals surface area (Å²) in [6.07, 6.45) is 2.40. The molecular formula is C11H24N2O2. The molecule has 0 atom stereocenters. The molecule has 0 heterocycles. The highest BCUT2D eigenvalue weighted by Crippen LogP contribution is 1.69. The van der Waals surface area contributed by atoms with Gasteiger partial charge in [0.15, 0.2) is 0 Å². The quantitative estimate of drug-likeness (QED) is 0.517. The van der Waals surface area contributed by atoms with Gasteiger partial charge in [0, 0.05) is 13.1 Å². The minimum Gasteiger partial charge on any atom is -0.351 e. The van der Waals surface area contributed by atoms with Gasteiger partial charge in [0.1, 0.15) is 6.79 Å². The van der Waals surface area contributed by atoms with Crippen molar-refractivity contribution in [3.05, 3.63) is 12.7 Å². The van der Waals surface area contributed by atoms with Crippen molar-refractivity contribution in [1.82, 2.24) is 10.6 Å². The van der Waals surface area contributed by atoms with Crippen LogP contribution in [-0.2, 0) is 9.59 Å². The van der Waals surface area contributed by atoms with Gasteiger partial charge in [0.2, 0.25) is 5.91 Å². The van der Waals surface area contributed by atoms with Crippen LogP contribution in [0, 0.1) is 0 Å². The van der Waals surface area contributed by atoms with E-state index in [1.807, 2.05) is 20.6 Å². The number of rotatable bonds is 6. The Kier molecular flexibility index (Phi) is 29.8. The van der Waals surface area contributed by atoms with Gasteiger partial charge in [-0.1, -0.05) is 27.4 Å². The van der Waals surface area contributed by atoms with Crippen molar-refractivity contribution in [1.29, 1.82) is 0 Å². The van der Waals surface area contributed by atoms with Crippen LogP contribution >= 0.6 is 0 Å². The summed E-state index contributed by atoms with van der Waals surface area (Å²) in [7, 11) is 0. The van der Waals surface area contributed by atoms with E-state index < -0.39 is 0 Å². The van der Waals surface area contributed by atoms with Gasteiger partial charge in [-0.25, -0.2) is 0 Å². The molecule has 0 fully saturated rings. The van der Waals surface area contributed by atoms with Gasteiger partial charge in [-0.3, -0.25) is 4.79 Å². The normalized spacial score (nSPS) is 7.40. The maximum absolute atomic E-state index is 10.6. The minimum absolute atomic E-state index is 0.108. The Labute approximate surface area is 93.1 Å². The molecule has 0 radical (unpaired) electrons. The molecule has 0 rings (SSSR count). The highest BCUT2D eigenvalue weighted by Gasteiger charge is 1.90. The topological polar surface area (TPSA) is 58.2 Å². The third-order valence-corrected chi connectivity index (χ3v) is 1.21. The van der Waals surface area contributed by atoms with Crippen molar-refractivity contribution in [2.24, 2.45) is 0 Å². The van der Waals surface area contributed by atoms with Crippen molar-refractivity contribution < 1.29 is 9.59 Å². The standard InChI is InChI=1S/C8H16N2O.C2H6.CH2O/c1-3-5-9-6-7-10-8(11)4-2;2*1-2/h4,9H,2-3,5-7H2,1H3,(H,10,11);1-2H3;1H2. The molecule has 0 spiro atoms. The molecule has 0 unspecified atom stereocenters. The fraction of sp³-hybridized carbons (Fsp3) is 0.636. The Morgan fingerprint density at radius 2 is 1.73 bits per heavy atom. The Hall–Kier alpha value is -1.16. The van der Waals surface area contributed by atoms with Gasteiger partial charge in [-0.2, -0.15) is 0 Å². The Morgan fingerprint density at radius 1 is 1.20 bits per heavy atom. The first-order valence-electron chi connectivity index (χ1n) is 5.21. The summed E-state index contributed by atoms with van der Waals surface area (Å²) in [6, 6.07) is 0. The molecule has 0 bridgehead atoms. The summed E-state index contributed by atoms with van der Waals surface area (Å²) in [5.74, 6) is -0.108. The van der Waals surface area contributed by atoms with E-state index in [9.17, 15) is 4.79 Å². The van der Waals surface area contributed by atoms with Crippen LogP contribution in [0.4, 0.5) is 0 Å². The lowest BCUT2D eigenvalue weighted by atomic mass is 10.4. The largest absolute Gasteiger partial charge is 0.351 e. The van der Waals surface area contributed by atoms with E-state index in [1.165, 1.54) is 6.08 Å². The predicted molar refractivity (Wildman–Crippen MR) is 64.8 cm³/mol. The van der Waals surface area contributed by atoms with Crippen LogP contribution in [0.5, 0.6) is 0 Å². The predicted octanol–water partition coefficient (Wildman–Crippen LogP) is 1.13. The van der Waals surface area contributed by atoms with Crippen LogP contribution in [0.3, 0.4) is 0 Å². The Bertz CT molecular complexity index is 139. The van der Waals surface area contributed by atoms with Crippen molar-refractivity contribution in [3.63, 3.8) is 0 Å². The summed E-state index contributed by atoms with van der Waals surface area (Å²) < 4.78 is 0. The molecule has 0 aliphatic heterocycles. The zero-order chi connectivity index (χ0) is 12.5. The lowest BCUT2D eigenvalue weighted by Gasteiger charge is -2.02. The van der Waals surface area contributed by atoms with E-state index >= 15 is 0 Å². The lowest BCUT2D eigenvalue weighted by Crippen LogP contribution is -2.30. The molecule has 0 aliphatic carbocycles. The first kappa shape index (κ1) is 19.4. The molecule has 0 saturated heterocycles. The van der Waals surface area contributed by atoms with Gasteiger partial charge >= 0.3 is 0 Å². The van der Waals surface area contributed by atoms with E-state index in [2.05, 4.69) is 24.1 Å². The van der Waals surface area contributed by atoms with Crippen molar-refractivity contribution in [2.75, 3.05) is 19.6 Å². The zero-order valence-corrected chi connectivity index (χ0v) is 10.1. The summed E-state index contributed by atoms with van der Waals surface area (Å²) in [5, 5.41) is 5.84. The van der Waals surface area contributed by atoms with Crippen LogP contribution < -0.4 is 10.6 Å². The molecule has 4 heteroatoms. The van der Waals surface area contributed by atoms with E-state index in [0.29, 0.717) is 6.54 Å². The van der Waals surface area contributed by atoms with Crippen LogP contribution in [-0.4, -0.2) is 32.3 Å². The Balaban J connectivity index is -0.000000318. The lowest BCUT2D eigenvalue weighted by molar-refractivity contribution is -0.116. The molecule has 2 N–H and O–H groups in total. The molecule has 1 amide bonds. The van der Waals surface area contributed by atoms with Gasteiger partial charge in [-0.05, 0) is 19.0 Å². The highest BCUT2D eigenvalue weighted by atomic mass is 16.1. The third-order valence-electron chi connectivity index (χ3n) is 1.21. The number of carbonyl (C=O) groups excluding carboxylic acids is 2. The third kappa shape index (κ3) is 24.5. The van der Waals surface area contributed by atoms with Gasteiger partial charge in [0.25, 0.3) is 0 Å². The molecule has 0 aromatic heterocycles. The molecule has 90 valence electrons. The molecule has 0 aromatic carbocycles. The number of amides is 1. The zero-order valence-electron chi connectivity index (χ0n) is 10.1. The smallest absolute Gasteiger partial charge is 0.243 e. The molecule has 0 saturated carbocycles. The Morgan fingerprint density at radius 3 is 2.13 bits per heavy atom. The molecular weight excluding hydrogens is 192 g/mol. The second-order valence-electron chi connectivity index (χ2n) is 2.25. The first-order valence-corrected chi connectivity index (χ1v) is 5.21. The minimum atomic E-state index is -0.108. The van der Waals surface area contributed by atoms with Crippen LogP contribution in [0.2, 0.25) is 0 Å². The van der Waals surface area contributed by atoms with E-state index in [4.69, 9.17) is 4.79 Å². The van der Waals surface area contributed by atoms with Crippen LogP contribution in [0.15, 0.2) is 12.7 Å². The molecule has 0 aromatic rings. The van der Waals surface area contributed by atoms with Gasteiger partial charge < -0.3 is 15.4 Å². The maximum atomic E-state index is 10.6. The highest BCUT2D eigenvalue weighted by molar-refractivity contribution is 5.86. The van der Waals surface area contributed by atoms with Crippen molar-refractivity contribution in [2.45, 2.75) is 27.2 Å². The van der Waals surface area contributed by atoms with E-state index in [1.54, 1.807) is 0 Å². The SMILES string of the molecule is C=CC(=O)NCCNCCC.C=O.CC. The first-order chi connectivity index (χ1) is 7.31. The van der Waals surface area contributed by atoms with Crippen molar-refractivity contribution >= 4 is 12.7 Å². The number of hydrogen-bond donors (Lipinski definition) is 2. The summed E-state index contributed by atoms with van der Waals surface area (Å²) in [6.45, 7) is 14.0. The maximum Gasteiger partial charge on any atom is 0.243 e. The number of hydrogen-bond acceptors (Lipinski definition) is 3. The van der Waals surface area contributed by atoms with Gasteiger partial charge in [0.05, 0.1) is 0 Å². The summed E-state index contributed by atoms with van der Waals surface area (Å²) in [4.78, 5) is 18.6. The summed E-state index contributed by atoms with van der Waals surface area (Å²) >= 11 is 0. The molecule has 4 nitrogen and oxygen atoms in total.